The molecule has 0 aliphatic heterocycles. The van der Waals surface area contributed by atoms with Crippen LogP contribution in [0.15, 0.2) is 0 Å². The Labute approximate surface area is 92.4 Å². The minimum Gasteiger partial charge on any atom is -0.314 e. The van der Waals surface area contributed by atoms with Crippen molar-refractivity contribution < 1.29 is 0 Å². The Morgan fingerprint density at radius 2 is 2.07 bits per heavy atom. The predicted octanol–water partition coefficient (Wildman–Crippen LogP) is 3.05. The second-order valence-corrected chi connectivity index (χ2v) is 6.37. The molecule has 0 spiro atoms. The SMILES string of the molecule is CCSC1CCC(NCC2CCC2)C1. The van der Waals surface area contributed by atoms with Gasteiger partial charge in [0, 0.05) is 11.3 Å². The highest BCUT2D eigenvalue weighted by molar-refractivity contribution is 7.99. The molecule has 0 bridgehead atoms. The molecule has 82 valence electrons. The lowest BCUT2D eigenvalue weighted by Gasteiger charge is -2.27. The number of hydrogen-bond donors (Lipinski definition) is 1. The molecular weight excluding hydrogens is 190 g/mol. The van der Waals surface area contributed by atoms with E-state index in [-0.39, 0.29) is 0 Å². The molecule has 1 nitrogen and oxygen atoms in total. The van der Waals surface area contributed by atoms with Gasteiger partial charge in [0.1, 0.15) is 0 Å². The van der Waals surface area contributed by atoms with Crippen molar-refractivity contribution in [1.82, 2.24) is 5.32 Å². The number of hydrogen-bond acceptors (Lipinski definition) is 2. The lowest BCUT2D eigenvalue weighted by Crippen LogP contribution is -2.34. The van der Waals surface area contributed by atoms with Gasteiger partial charge < -0.3 is 5.32 Å². The van der Waals surface area contributed by atoms with E-state index < -0.39 is 0 Å². The fraction of sp³-hybridized carbons (Fsp3) is 1.00. The van der Waals surface area contributed by atoms with Crippen molar-refractivity contribution in [2.24, 2.45) is 5.92 Å². The molecule has 1 N–H and O–H groups in total. The Morgan fingerprint density at radius 3 is 2.71 bits per heavy atom. The third kappa shape index (κ3) is 2.90. The number of nitrogens with one attached hydrogen (secondary N) is 1. The molecule has 0 heterocycles. The van der Waals surface area contributed by atoms with Crippen LogP contribution in [0.3, 0.4) is 0 Å². The summed E-state index contributed by atoms with van der Waals surface area (Å²) >= 11 is 2.16. The summed E-state index contributed by atoms with van der Waals surface area (Å²) in [6, 6.07) is 0.847. The maximum atomic E-state index is 3.76. The van der Waals surface area contributed by atoms with E-state index in [1.54, 1.807) is 0 Å². The van der Waals surface area contributed by atoms with Gasteiger partial charge in [-0.05, 0) is 50.3 Å². The molecule has 2 rings (SSSR count). The standard InChI is InChI=1S/C12H23NS/c1-2-14-12-7-6-11(8-12)13-9-10-4-3-5-10/h10-13H,2-9H2,1H3. The van der Waals surface area contributed by atoms with Gasteiger partial charge in [-0.2, -0.15) is 11.8 Å². The third-order valence-electron chi connectivity index (χ3n) is 3.71. The van der Waals surface area contributed by atoms with Gasteiger partial charge in [0.2, 0.25) is 0 Å². The zero-order valence-corrected chi connectivity index (χ0v) is 10.1. The van der Waals surface area contributed by atoms with Gasteiger partial charge >= 0.3 is 0 Å². The van der Waals surface area contributed by atoms with Gasteiger partial charge in [-0.15, -0.1) is 0 Å². The van der Waals surface area contributed by atoms with Gasteiger partial charge in [-0.3, -0.25) is 0 Å². The summed E-state index contributed by atoms with van der Waals surface area (Å²) < 4.78 is 0. The normalized spacial score (nSPS) is 33.2. The Bertz CT molecular complexity index is 168. The van der Waals surface area contributed by atoms with Crippen LogP contribution in [-0.4, -0.2) is 23.6 Å². The predicted molar refractivity (Wildman–Crippen MR) is 64.9 cm³/mol. The average Bonchev–Trinajstić information content (AvgIpc) is 2.51. The summed E-state index contributed by atoms with van der Waals surface area (Å²) in [7, 11) is 0. The van der Waals surface area contributed by atoms with Crippen LogP contribution in [0.1, 0.15) is 45.4 Å². The third-order valence-corrected chi connectivity index (χ3v) is 4.94. The highest BCUT2D eigenvalue weighted by Gasteiger charge is 2.25. The number of thioether (sulfide) groups is 1. The molecular formula is C12H23NS. The molecule has 14 heavy (non-hydrogen) atoms. The van der Waals surface area contributed by atoms with Crippen LogP contribution in [0.25, 0.3) is 0 Å². The molecule has 0 aromatic carbocycles. The molecule has 0 aromatic heterocycles. The van der Waals surface area contributed by atoms with Crippen molar-refractivity contribution in [3.8, 4) is 0 Å². The quantitative estimate of drug-likeness (QED) is 0.753. The van der Waals surface area contributed by atoms with E-state index in [1.165, 1.54) is 50.8 Å². The molecule has 2 unspecified atom stereocenters. The first-order chi connectivity index (χ1) is 6.88. The first-order valence-electron chi connectivity index (χ1n) is 6.23. The zero-order chi connectivity index (χ0) is 9.80. The van der Waals surface area contributed by atoms with Crippen molar-refractivity contribution in [2.45, 2.75) is 56.7 Å². The lowest BCUT2D eigenvalue weighted by atomic mass is 9.85. The summed E-state index contributed by atoms with van der Waals surface area (Å²) in [6.45, 7) is 3.58. The van der Waals surface area contributed by atoms with Crippen molar-refractivity contribution in [3.63, 3.8) is 0 Å². The van der Waals surface area contributed by atoms with Crippen molar-refractivity contribution >= 4 is 11.8 Å². The van der Waals surface area contributed by atoms with Crippen LogP contribution in [-0.2, 0) is 0 Å². The first-order valence-corrected chi connectivity index (χ1v) is 7.28. The van der Waals surface area contributed by atoms with E-state index >= 15 is 0 Å². The highest BCUT2D eigenvalue weighted by atomic mass is 32.2. The topological polar surface area (TPSA) is 12.0 Å². The fourth-order valence-electron chi connectivity index (χ4n) is 2.54. The van der Waals surface area contributed by atoms with E-state index in [9.17, 15) is 0 Å². The van der Waals surface area contributed by atoms with E-state index in [2.05, 4.69) is 24.0 Å². The first kappa shape index (κ1) is 10.8. The molecule has 2 heteroatoms. The van der Waals surface area contributed by atoms with Gasteiger partial charge in [-0.25, -0.2) is 0 Å². The van der Waals surface area contributed by atoms with E-state index in [0.29, 0.717) is 0 Å². The summed E-state index contributed by atoms with van der Waals surface area (Å²) in [6.07, 6.45) is 8.72. The maximum absolute atomic E-state index is 3.76. The molecule has 0 aromatic rings. The van der Waals surface area contributed by atoms with Crippen LogP contribution < -0.4 is 5.32 Å². The Hall–Kier alpha value is 0.310. The van der Waals surface area contributed by atoms with Crippen molar-refractivity contribution in [3.05, 3.63) is 0 Å². The summed E-state index contributed by atoms with van der Waals surface area (Å²) in [5.41, 5.74) is 0. The van der Waals surface area contributed by atoms with Crippen LogP contribution in [0.4, 0.5) is 0 Å². The van der Waals surface area contributed by atoms with Crippen molar-refractivity contribution in [1.29, 1.82) is 0 Å². The van der Waals surface area contributed by atoms with Crippen LogP contribution in [0.2, 0.25) is 0 Å². The molecule has 2 saturated carbocycles. The van der Waals surface area contributed by atoms with Crippen LogP contribution >= 0.6 is 11.8 Å². The van der Waals surface area contributed by atoms with Gasteiger partial charge in [0.15, 0.2) is 0 Å². The lowest BCUT2D eigenvalue weighted by molar-refractivity contribution is 0.289. The van der Waals surface area contributed by atoms with E-state index in [0.717, 1.165) is 17.2 Å². The molecule has 0 saturated heterocycles. The van der Waals surface area contributed by atoms with E-state index in [4.69, 9.17) is 0 Å². The van der Waals surface area contributed by atoms with Gasteiger partial charge in [0.25, 0.3) is 0 Å². The van der Waals surface area contributed by atoms with Gasteiger partial charge in [-0.1, -0.05) is 13.3 Å². The molecule has 0 radical (unpaired) electrons. The molecule has 2 aliphatic rings. The average molecular weight is 213 g/mol. The van der Waals surface area contributed by atoms with Gasteiger partial charge in [0.05, 0.1) is 0 Å². The zero-order valence-electron chi connectivity index (χ0n) is 9.30. The Kier molecular flexibility index (Phi) is 4.18. The molecule has 0 amide bonds. The monoisotopic (exact) mass is 213 g/mol. The Balaban J connectivity index is 1.58. The summed E-state index contributed by atoms with van der Waals surface area (Å²) in [5.74, 6) is 2.31. The largest absolute Gasteiger partial charge is 0.314 e. The second kappa shape index (κ2) is 5.41. The highest BCUT2D eigenvalue weighted by Crippen LogP contribution is 2.31. The molecule has 2 atom stereocenters. The summed E-state index contributed by atoms with van der Waals surface area (Å²) in [4.78, 5) is 0. The summed E-state index contributed by atoms with van der Waals surface area (Å²) in [5, 5.41) is 4.72. The fourth-order valence-corrected chi connectivity index (χ4v) is 3.69. The minimum atomic E-state index is 0.847. The van der Waals surface area contributed by atoms with Crippen molar-refractivity contribution in [2.75, 3.05) is 12.3 Å². The van der Waals surface area contributed by atoms with Crippen LogP contribution in [0, 0.1) is 5.92 Å². The second-order valence-electron chi connectivity index (χ2n) is 4.79. The molecule has 2 fully saturated rings. The van der Waals surface area contributed by atoms with Crippen LogP contribution in [0.5, 0.6) is 0 Å². The smallest absolute Gasteiger partial charge is 0.00781 e. The number of rotatable bonds is 5. The van der Waals surface area contributed by atoms with E-state index in [1.807, 2.05) is 0 Å². The molecule has 2 aliphatic carbocycles. The maximum Gasteiger partial charge on any atom is 0.00781 e. The Morgan fingerprint density at radius 1 is 1.21 bits per heavy atom. The minimum absolute atomic E-state index is 0.847.